The molecule has 3 aromatic carbocycles. The van der Waals surface area contributed by atoms with Crippen LogP contribution in [0.2, 0.25) is 0 Å². The van der Waals surface area contributed by atoms with Gasteiger partial charge in [0.25, 0.3) is 0 Å². The van der Waals surface area contributed by atoms with Crippen molar-refractivity contribution in [3.05, 3.63) is 94.8 Å². The van der Waals surface area contributed by atoms with Gasteiger partial charge in [-0.2, -0.15) is 0 Å². The van der Waals surface area contributed by atoms with Crippen LogP contribution in [0.3, 0.4) is 0 Å². The van der Waals surface area contributed by atoms with Gasteiger partial charge in [-0.15, -0.1) is 0 Å². The number of hydrogen-bond acceptors (Lipinski definition) is 2. The third-order valence-corrected chi connectivity index (χ3v) is 4.40. The van der Waals surface area contributed by atoms with Crippen molar-refractivity contribution in [1.82, 2.24) is 0 Å². The molecule has 3 rings (SSSR count). The normalized spacial score (nSPS) is 10.6. The van der Waals surface area contributed by atoms with Gasteiger partial charge in [0.05, 0.1) is 11.1 Å². The first kappa shape index (κ1) is 18.3. The molecule has 2 N–H and O–H groups in total. The Morgan fingerprint density at radius 3 is 1.96 bits per heavy atom. The van der Waals surface area contributed by atoms with E-state index in [4.69, 9.17) is 5.11 Å². The number of hydrogen-bond donors (Lipinski definition) is 2. The number of halogens is 1. The third-order valence-electron chi connectivity index (χ3n) is 4.40. The molecular formula is C22H17FO4. The van der Waals surface area contributed by atoms with Gasteiger partial charge in [0, 0.05) is 0 Å². The van der Waals surface area contributed by atoms with E-state index >= 15 is 0 Å². The lowest BCUT2D eigenvalue weighted by atomic mass is 9.95. The minimum Gasteiger partial charge on any atom is -0.478 e. The molecule has 5 heteroatoms. The number of benzene rings is 3. The molecule has 0 saturated heterocycles. The summed E-state index contributed by atoms with van der Waals surface area (Å²) in [6.45, 7) is 0. The van der Waals surface area contributed by atoms with E-state index in [-0.39, 0.29) is 16.9 Å². The van der Waals surface area contributed by atoms with E-state index < -0.39 is 11.9 Å². The maximum atomic E-state index is 13.1. The summed E-state index contributed by atoms with van der Waals surface area (Å²) in [5.74, 6) is -2.32. The van der Waals surface area contributed by atoms with Crippen molar-refractivity contribution >= 4 is 11.9 Å². The molecule has 27 heavy (non-hydrogen) atoms. The molecule has 0 aromatic heterocycles. The minimum atomic E-state index is -1.00. The zero-order chi connectivity index (χ0) is 19.4. The zero-order valence-corrected chi connectivity index (χ0v) is 14.4. The summed E-state index contributed by atoms with van der Waals surface area (Å²) in [5, 5.41) is 18.4. The molecular weight excluding hydrogens is 347 g/mol. The first-order valence-electron chi connectivity index (χ1n) is 8.38. The highest BCUT2D eigenvalue weighted by Gasteiger charge is 2.12. The largest absolute Gasteiger partial charge is 0.478 e. The molecule has 0 aliphatic heterocycles. The molecule has 0 heterocycles. The van der Waals surface area contributed by atoms with Crippen LogP contribution in [0, 0.1) is 5.82 Å². The molecule has 4 nitrogen and oxygen atoms in total. The van der Waals surface area contributed by atoms with E-state index in [1.807, 2.05) is 6.07 Å². The molecule has 0 bridgehead atoms. The van der Waals surface area contributed by atoms with Gasteiger partial charge in [0.1, 0.15) is 5.82 Å². The third kappa shape index (κ3) is 4.39. The topological polar surface area (TPSA) is 74.6 Å². The molecule has 0 unspecified atom stereocenters. The molecule has 3 aromatic rings. The Morgan fingerprint density at radius 2 is 1.37 bits per heavy atom. The molecule has 0 aliphatic carbocycles. The Kier molecular flexibility index (Phi) is 5.31. The van der Waals surface area contributed by atoms with Gasteiger partial charge < -0.3 is 10.2 Å². The Labute approximate surface area is 155 Å². The molecule has 0 radical (unpaired) electrons. The van der Waals surface area contributed by atoms with E-state index in [0.717, 1.165) is 16.7 Å². The van der Waals surface area contributed by atoms with Crippen molar-refractivity contribution in [2.24, 2.45) is 0 Å². The van der Waals surface area contributed by atoms with Crippen LogP contribution >= 0.6 is 0 Å². The number of carbonyl (C=O) groups is 2. The van der Waals surface area contributed by atoms with Crippen molar-refractivity contribution in [2.75, 3.05) is 0 Å². The van der Waals surface area contributed by atoms with E-state index in [1.165, 1.54) is 24.3 Å². The van der Waals surface area contributed by atoms with Crippen LogP contribution in [0.5, 0.6) is 0 Å². The summed E-state index contributed by atoms with van der Waals surface area (Å²) >= 11 is 0. The van der Waals surface area contributed by atoms with Crippen LogP contribution in [0.4, 0.5) is 4.39 Å². The first-order valence-corrected chi connectivity index (χ1v) is 8.38. The van der Waals surface area contributed by atoms with Crippen LogP contribution < -0.4 is 0 Å². The zero-order valence-electron chi connectivity index (χ0n) is 14.4. The Balaban J connectivity index is 1.85. The Morgan fingerprint density at radius 1 is 0.741 bits per heavy atom. The summed E-state index contributed by atoms with van der Waals surface area (Å²) in [7, 11) is 0. The minimum absolute atomic E-state index is 0.211. The van der Waals surface area contributed by atoms with Crippen LogP contribution in [0.15, 0.2) is 66.7 Å². The number of carboxylic acids is 2. The molecule has 0 aliphatic rings. The fraction of sp³-hybridized carbons (Fsp3) is 0.0909. The van der Waals surface area contributed by atoms with Crippen LogP contribution in [-0.4, -0.2) is 22.2 Å². The summed E-state index contributed by atoms with van der Waals surface area (Å²) in [6, 6.07) is 17.6. The average Bonchev–Trinajstić information content (AvgIpc) is 2.67. The predicted molar refractivity (Wildman–Crippen MR) is 99.6 cm³/mol. The highest BCUT2D eigenvalue weighted by molar-refractivity contribution is 5.90. The van der Waals surface area contributed by atoms with Gasteiger partial charge in [-0.05, 0) is 65.4 Å². The Hall–Kier alpha value is -3.47. The van der Waals surface area contributed by atoms with Crippen LogP contribution in [0.1, 0.15) is 31.8 Å². The van der Waals surface area contributed by atoms with E-state index in [9.17, 15) is 19.1 Å². The lowest BCUT2D eigenvalue weighted by Crippen LogP contribution is -2.04. The van der Waals surface area contributed by atoms with Gasteiger partial charge in [0.15, 0.2) is 0 Å². The second kappa shape index (κ2) is 7.83. The van der Waals surface area contributed by atoms with Crippen molar-refractivity contribution in [1.29, 1.82) is 0 Å². The second-order valence-corrected chi connectivity index (χ2v) is 6.19. The SMILES string of the molecule is O=C(O)c1ccc(CCc2cc(-c3ccc(F)cc3)ccc2C(=O)O)cc1. The summed E-state index contributed by atoms with van der Waals surface area (Å²) < 4.78 is 13.1. The van der Waals surface area contributed by atoms with Gasteiger partial charge in [-0.25, -0.2) is 14.0 Å². The molecule has 0 amide bonds. The quantitative estimate of drug-likeness (QED) is 0.666. The summed E-state index contributed by atoms with van der Waals surface area (Å²) in [5.41, 5.74) is 3.65. The average molecular weight is 364 g/mol. The van der Waals surface area contributed by atoms with Crippen molar-refractivity contribution in [3.8, 4) is 11.1 Å². The summed E-state index contributed by atoms with van der Waals surface area (Å²) in [6.07, 6.45) is 1.07. The molecule has 0 saturated carbocycles. The number of rotatable bonds is 6. The monoisotopic (exact) mass is 364 g/mol. The number of aryl methyl sites for hydroxylation is 2. The van der Waals surface area contributed by atoms with Crippen molar-refractivity contribution in [2.45, 2.75) is 12.8 Å². The standard InChI is InChI=1S/C22H17FO4/c23-19-10-7-15(8-11-19)17-9-12-20(22(26)27)18(13-17)6-3-14-1-4-16(5-2-14)21(24)25/h1-2,4-5,7-13H,3,6H2,(H,24,25)(H,26,27). The molecule has 0 fully saturated rings. The molecule has 136 valence electrons. The first-order chi connectivity index (χ1) is 12.9. The van der Waals surface area contributed by atoms with E-state index in [1.54, 1.807) is 36.4 Å². The molecule has 0 spiro atoms. The fourth-order valence-electron chi connectivity index (χ4n) is 2.92. The lowest BCUT2D eigenvalue weighted by molar-refractivity contribution is 0.0685. The molecule has 0 atom stereocenters. The van der Waals surface area contributed by atoms with Gasteiger partial charge in [-0.1, -0.05) is 36.4 Å². The van der Waals surface area contributed by atoms with Crippen LogP contribution in [-0.2, 0) is 12.8 Å². The number of carboxylic acid groups (broad SMARTS) is 2. The number of aromatic carboxylic acids is 2. The Bertz CT molecular complexity index is 976. The summed E-state index contributed by atoms with van der Waals surface area (Å²) in [4.78, 5) is 22.4. The van der Waals surface area contributed by atoms with E-state index in [0.29, 0.717) is 18.4 Å². The highest BCUT2D eigenvalue weighted by atomic mass is 19.1. The maximum absolute atomic E-state index is 13.1. The van der Waals surface area contributed by atoms with E-state index in [2.05, 4.69) is 0 Å². The maximum Gasteiger partial charge on any atom is 0.335 e. The highest BCUT2D eigenvalue weighted by Crippen LogP contribution is 2.24. The second-order valence-electron chi connectivity index (χ2n) is 6.19. The smallest absolute Gasteiger partial charge is 0.335 e. The van der Waals surface area contributed by atoms with Crippen molar-refractivity contribution in [3.63, 3.8) is 0 Å². The van der Waals surface area contributed by atoms with Gasteiger partial charge in [-0.3, -0.25) is 0 Å². The predicted octanol–water partition coefficient (Wildman–Crippen LogP) is 4.67. The van der Waals surface area contributed by atoms with Crippen molar-refractivity contribution < 1.29 is 24.2 Å². The fourth-order valence-corrected chi connectivity index (χ4v) is 2.92. The van der Waals surface area contributed by atoms with Crippen LogP contribution in [0.25, 0.3) is 11.1 Å². The van der Waals surface area contributed by atoms with Gasteiger partial charge >= 0.3 is 11.9 Å². The lowest BCUT2D eigenvalue weighted by Gasteiger charge is -2.10. The van der Waals surface area contributed by atoms with Gasteiger partial charge in [0.2, 0.25) is 0 Å².